The van der Waals surface area contributed by atoms with Crippen LogP contribution in [0.25, 0.3) is 0 Å². The quantitative estimate of drug-likeness (QED) is 0.607. The van der Waals surface area contributed by atoms with Crippen molar-refractivity contribution in [3.8, 4) is 0 Å². The van der Waals surface area contributed by atoms with Gasteiger partial charge in [-0.25, -0.2) is 0 Å². The fraction of sp³-hybridized carbons (Fsp3) is 1.00. The number of nitrogens with two attached hydrogens (primary N) is 1. The molecule has 18 heavy (non-hydrogen) atoms. The lowest BCUT2D eigenvalue weighted by molar-refractivity contribution is 0.160. The van der Waals surface area contributed by atoms with E-state index in [0.29, 0.717) is 0 Å². The topological polar surface area (TPSA) is 29.3 Å². The first kappa shape index (κ1) is 17.9. The molecule has 1 atom stereocenters. The van der Waals surface area contributed by atoms with Crippen molar-refractivity contribution >= 4 is 0 Å². The second-order valence-corrected chi connectivity index (χ2v) is 6.18. The van der Waals surface area contributed by atoms with E-state index in [9.17, 15) is 0 Å². The number of hydrogen-bond donors (Lipinski definition) is 1. The minimum atomic E-state index is 0.770. The lowest BCUT2D eigenvalue weighted by atomic mass is 10.0. The molecule has 0 aliphatic rings. The van der Waals surface area contributed by atoms with Crippen LogP contribution >= 0.6 is 0 Å². The molecule has 1 unspecified atom stereocenters. The van der Waals surface area contributed by atoms with E-state index in [4.69, 9.17) is 5.73 Å². The molecular weight excluding hydrogens is 220 g/mol. The molecule has 0 aromatic rings. The molecule has 0 spiro atoms. The Kier molecular flexibility index (Phi) is 10.8. The van der Waals surface area contributed by atoms with Crippen LogP contribution in [0.3, 0.4) is 0 Å². The number of hydrogen-bond acceptors (Lipinski definition) is 2. The Balaban J connectivity index is 4.07. The zero-order valence-electron chi connectivity index (χ0n) is 13.4. The third kappa shape index (κ3) is 8.10. The molecule has 0 fully saturated rings. The Bertz CT molecular complexity index is 176. The standard InChI is InChI=1S/C16H36N2/c1-6-16(7-2)18(13-14(3)4)12-8-9-15(5)10-11-17/h14-16H,6-13,17H2,1-5H3. The summed E-state index contributed by atoms with van der Waals surface area (Å²) >= 11 is 0. The minimum absolute atomic E-state index is 0.770. The Morgan fingerprint density at radius 1 is 1.00 bits per heavy atom. The van der Waals surface area contributed by atoms with Gasteiger partial charge in [0.2, 0.25) is 0 Å². The van der Waals surface area contributed by atoms with E-state index in [-0.39, 0.29) is 0 Å². The second kappa shape index (κ2) is 10.8. The molecule has 0 aliphatic carbocycles. The fourth-order valence-corrected chi connectivity index (χ4v) is 2.77. The van der Waals surface area contributed by atoms with Gasteiger partial charge < -0.3 is 10.6 Å². The van der Waals surface area contributed by atoms with Gasteiger partial charge in [0.1, 0.15) is 0 Å². The molecular formula is C16H36N2. The van der Waals surface area contributed by atoms with E-state index in [1.54, 1.807) is 0 Å². The normalized spacial score (nSPS) is 13.8. The van der Waals surface area contributed by atoms with Crippen molar-refractivity contribution in [1.82, 2.24) is 4.90 Å². The van der Waals surface area contributed by atoms with Gasteiger partial charge >= 0.3 is 0 Å². The van der Waals surface area contributed by atoms with E-state index in [0.717, 1.165) is 24.4 Å². The Morgan fingerprint density at radius 3 is 2.06 bits per heavy atom. The third-order valence-electron chi connectivity index (χ3n) is 3.86. The van der Waals surface area contributed by atoms with E-state index < -0.39 is 0 Å². The van der Waals surface area contributed by atoms with Crippen LogP contribution in [0.15, 0.2) is 0 Å². The van der Waals surface area contributed by atoms with Gasteiger partial charge in [0.15, 0.2) is 0 Å². The SMILES string of the molecule is CCC(CC)N(CCCC(C)CCN)CC(C)C. The van der Waals surface area contributed by atoms with Crippen LogP contribution in [-0.4, -0.2) is 30.6 Å². The molecule has 0 aromatic carbocycles. The van der Waals surface area contributed by atoms with Gasteiger partial charge in [0.25, 0.3) is 0 Å². The van der Waals surface area contributed by atoms with Crippen molar-refractivity contribution in [2.24, 2.45) is 17.6 Å². The Hall–Kier alpha value is -0.0800. The van der Waals surface area contributed by atoms with Crippen LogP contribution in [0.2, 0.25) is 0 Å². The molecule has 0 saturated heterocycles. The molecule has 2 heteroatoms. The van der Waals surface area contributed by atoms with Crippen LogP contribution in [0.5, 0.6) is 0 Å². The lowest BCUT2D eigenvalue weighted by Crippen LogP contribution is -2.38. The molecule has 2 N–H and O–H groups in total. The predicted octanol–water partition coefficient (Wildman–Crippen LogP) is 3.90. The van der Waals surface area contributed by atoms with Gasteiger partial charge in [-0.3, -0.25) is 0 Å². The average molecular weight is 256 g/mol. The first-order chi connectivity index (χ1) is 8.54. The van der Waals surface area contributed by atoms with E-state index in [1.165, 1.54) is 45.2 Å². The van der Waals surface area contributed by atoms with Gasteiger partial charge in [-0.2, -0.15) is 0 Å². The maximum atomic E-state index is 5.61. The molecule has 0 aliphatic heterocycles. The lowest BCUT2D eigenvalue weighted by Gasteiger charge is -2.32. The van der Waals surface area contributed by atoms with Crippen LogP contribution in [0.1, 0.15) is 66.7 Å². The summed E-state index contributed by atoms with van der Waals surface area (Å²) in [6.45, 7) is 15.0. The molecule has 110 valence electrons. The largest absolute Gasteiger partial charge is 0.330 e. The highest BCUT2D eigenvalue weighted by atomic mass is 15.1. The summed E-state index contributed by atoms with van der Waals surface area (Å²) in [7, 11) is 0. The first-order valence-corrected chi connectivity index (χ1v) is 7.99. The third-order valence-corrected chi connectivity index (χ3v) is 3.86. The molecule has 0 aromatic heterocycles. The van der Waals surface area contributed by atoms with Crippen LogP contribution in [0.4, 0.5) is 0 Å². The second-order valence-electron chi connectivity index (χ2n) is 6.18. The van der Waals surface area contributed by atoms with Crippen molar-refractivity contribution in [2.75, 3.05) is 19.6 Å². The highest BCUT2D eigenvalue weighted by molar-refractivity contribution is 4.71. The number of nitrogens with zero attached hydrogens (tertiary/aromatic N) is 1. The monoisotopic (exact) mass is 256 g/mol. The zero-order chi connectivity index (χ0) is 14.0. The number of rotatable bonds is 11. The van der Waals surface area contributed by atoms with Crippen molar-refractivity contribution in [3.05, 3.63) is 0 Å². The van der Waals surface area contributed by atoms with Gasteiger partial charge in [0.05, 0.1) is 0 Å². The van der Waals surface area contributed by atoms with Crippen molar-refractivity contribution in [2.45, 2.75) is 72.8 Å². The molecule has 0 amide bonds. The van der Waals surface area contributed by atoms with E-state index in [2.05, 4.69) is 39.5 Å². The highest BCUT2D eigenvalue weighted by Gasteiger charge is 2.16. The fourth-order valence-electron chi connectivity index (χ4n) is 2.77. The zero-order valence-corrected chi connectivity index (χ0v) is 13.4. The van der Waals surface area contributed by atoms with Crippen LogP contribution in [0, 0.1) is 11.8 Å². The molecule has 0 heterocycles. The van der Waals surface area contributed by atoms with Crippen molar-refractivity contribution in [3.63, 3.8) is 0 Å². The summed E-state index contributed by atoms with van der Waals surface area (Å²) in [6, 6.07) is 0.775. The first-order valence-electron chi connectivity index (χ1n) is 7.99. The summed E-state index contributed by atoms with van der Waals surface area (Å²) in [6.07, 6.45) is 6.38. The predicted molar refractivity (Wildman–Crippen MR) is 82.9 cm³/mol. The van der Waals surface area contributed by atoms with Gasteiger partial charge in [-0.1, -0.05) is 34.6 Å². The highest BCUT2D eigenvalue weighted by Crippen LogP contribution is 2.15. The van der Waals surface area contributed by atoms with Gasteiger partial charge in [0, 0.05) is 12.6 Å². The van der Waals surface area contributed by atoms with E-state index >= 15 is 0 Å². The maximum Gasteiger partial charge on any atom is 0.00901 e. The molecule has 2 nitrogen and oxygen atoms in total. The van der Waals surface area contributed by atoms with Crippen molar-refractivity contribution < 1.29 is 0 Å². The summed E-state index contributed by atoms with van der Waals surface area (Å²) in [5.41, 5.74) is 5.61. The van der Waals surface area contributed by atoms with Gasteiger partial charge in [-0.15, -0.1) is 0 Å². The van der Waals surface area contributed by atoms with Crippen LogP contribution in [-0.2, 0) is 0 Å². The average Bonchev–Trinajstić information content (AvgIpc) is 2.30. The molecule has 0 rings (SSSR count). The smallest absolute Gasteiger partial charge is 0.00901 e. The van der Waals surface area contributed by atoms with E-state index in [1.807, 2.05) is 0 Å². The molecule has 0 bridgehead atoms. The summed E-state index contributed by atoms with van der Waals surface area (Å²) in [5, 5.41) is 0. The molecule has 0 radical (unpaired) electrons. The maximum absolute atomic E-state index is 5.61. The summed E-state index contributed by atoms with van der Waals surface area (Å²) < 4.78 is 0. The molecule has 0 saturated carbocycles. The van der Waals surface area contributed by atoms with Crippen LogP contribution < -0.4 is 5.73 Å². The summed E-state index contributed by atoms with van der Waals surface area (Å²) in [4.78, 5) is 2.71. The summed E-state index contributed by atoms with van der Waals surface area (Å²) in [5.74, 6) is 1.56. The minimum Gasteiger partial charge on any atom is -0.330 e. The van der Waals surface area contributed by atoms with Gasteiger partial charge in [-0.05, 0) is 57.0 Å². The Morgan fingerprint density at radius 2 is 1.61 bits per heavy atom. The van der Waals surface area contributed by atoms with Crippen molar-refractivity contribution in [1.29, 1.82) is 0 Å². The Labute approximate surface area is 115 Å².